The molecule has 0 bridgehead atoms. The van der Waals surface area contributed by atoms with E-state index >= 15 is 0 Å². The Labute approximate surface area is 367 Å². The molecule has 14 rings (SSSR count). The lowest BCUT2D eigenvalue weighted by Gasteiger charge is -2.28. The minimum Gasteiger partial charge on any atom is -0.318 e. The first-order chi connectivity index (χ1) is 31.8. The van der Waals surface area contributed by atoms with Gasteiger partial charge in [0.25, 0.3) is 0 Å². The Bertz CT molecular complexity index is 3670. The second-order valence-electron chi connectivity index (χ2n) is 16.6. The summed E-state index contributed by atoms with van der Waals surface area (Å²) in [5.74, 6) is 2.83. The Morgan fingerprint density at radius 3 is 1.20 bits per heavy atom. The predicted molar refractivity (Wildman–Crippen MR) is 259 cm³/mol. The van der Waals surface area contributed by atoms with Crippen LogP contribution in [0.4, 0.5) is 11.5 Å². The van der Waals surface area contributed by atoms with Crippen LogP contribution in [0, 0.1) is 0 Å². The van der Waals surface area contributed by atoms with Gasteiger partial charge >= 0.3 is 0 Å². The van der Waals surface area contributed by atoms with Crippen molar-refractivity contribution in [1.82, 2.24) is 33.6 Å². The first-order valence-electron chi connectivity index (χ1n) is 21.7. The van der Waals surface area contributed by atoms with E-state index in [1.807, 2.05) is 0 Å². The fourth-order valence-electron chi connectivity index (χ4n) is 10.5. The molecule has 0 saturated carbocycles. The van der Waals surface area contributed by atoms with Crippen LogP contribution in [-0.2, 0) is 0 Å². The summed E-state index contributed by atoms with van der Waals surface area (Å²) in [6.07, 6.45) is 8.90. The molecule has 2 aliphatic rings. The van der Waals surface area contributed by atoms with Crippen molar-refractivity contribution in [3.05, 3.63) is 212 Å². The smallest absolute Gasteiger partial charge is 0.237 e. The van der Waals surface area contributed by atoms with E-state index < -0.39 is 0 Å². The van der Waals surface area contributed by atoms with Crippen LogP contribution in [0.25, 0.3) is 94.5 Å². The number of nitrogens with zero attached hydrogens (tertiary/aromatic N) is 8. The molecule has 0 amide bonds. The van der Waals surface area contributed by atoms with E-state index in [0.717, 1.165) is 82.7 Å². The van der Waals surface area contributed by atoms with Crippen LogP contribution in [0.5, 0.6) is 0 Å². The maximum Gasteiger partial charge on any atom is 0.237 e. The average Bonchev–Trinajstić information content (AvgIpc) is 4.09. The van der Waals surface area contributed by atoms with Crippen molar-refractivity contribution < 1.29 is 0 Å². The second-order valence-corrected chi connectivity index (χ2v) is 16.6. The number of hydrogen-bond donors (Lipinski definition) is 0. The first kappa shape index (κ1) is 35.0. The molecule has 2 atom stereocenters. The molecule has 300 valence electrons. The summed E-state index contributed by atoms with van der Waals surface area (Å²) >= 11 is 0. The number of para-hydroxylation sites is 7. The number of fused-ring (bicyclic) bond motifs is 12. The van der Waals surface area contributed by atoms with Gasteiger partial charge in [0.05, 0.1) is 50.5 Å². The van der Waals surface area contributed by atoms with Gasteiger partial charge in [-0.1, -0.05) is 152 Å². The normalized spacial score (nSPS) is 15.7. The van der Waals surface area contributed by atoms with E-state index in [1.54, 1.807) is 0 Å². The van der Waals surface area contributed by atoms with Gasteiger partial charge in [-0.05, 0) is 48.0 Å². The SMILES string of the molecule is C1=CC2c3ccccc3N(c3cc(-c4cc(-n5c6ccccc6c6ccccc65)nc(-n5c6ccccc6c6ccccc65)n4)nc(-n4c5ccccc5c5ccccc54)n3)C2C=C1. The van der Waals surface area contributed by atoms with Crippen LogP contribution < -0.4 is 4.90 Å². The molecule has 6 heterocycles. The van der Waals surface area contributed by atoms with Gasteiger partial charge in [-0.3, -0.25) is 13.7 Å². The topological polar surface area (TPSA) is 69.6 Å². The Kier molecular flexibility index (Phi) is 7.35. The molecule has 64 heavy (non-hydrogen) atoms. The molecule has 0 radical (unpaired) electrons. The number of hydrogen-bond acceptors (Lipinski definition) is 5. The van der Waals surface area contributed by atoms with Gasteiger partial charge in [-0.25, -0.2) is 9.97 Å². The summed E-state index contributed by atoms with van der Waals surface area (Å²) in [6.45, 7) is 0. The second kappa shape index (κ2) is 13.4. The third-order valence-corrected chi connectivity index (χ3v) is 13.2. The molecule has 2 unspecified atom stereocenters. The van der Waals surface area contributed by atoms with E-state index in [0.29, 0.717) is 23.3 Å². The van der Waals surface area contributed by atoms with Crippen molar-refractivity contribution in [2.24, 2.45) is 0 Å². The van der Waals surface area contributed by atoms with Gasteiger partial charge in [0.2, 0.25) is 11.9 Å². The maximum atomic E-state index is 5.56. The minimum atomic E-state index is 0.0304. The van der Waals surface area contributed by atoms with Crippen LogP contribution in [0.15, 0.2) is 206 Å². The molecule has 8 nitrogen and oxygen atoms in total. The molecule has 0 saturated heterocycles. The molecular formula is C56H36N8. The fraction of sp³-hybridized carbons (Fsp3) is 0.0357. The molecule has 0 N–H and O–H groups in total. The predicted octanol–water partition coefficient (Wildman–Crippen LogP) is 13.0. The van der Waals surface area contributed by atoms with Crippen molar-refractivity contribution in [3.63, 3.8) is 0 Å². The summed E-state index contributed by atoms with van der Waals surface area (Å²) in [5, 5.41) is 6.88. The molecule has 0 fully saturated rings. The van der Waals surface area contributed by atoms with E-state index in [2.05, 4.69) is 225 Å². The van der Waals surface area contributed by atoms with Crippen molar-refractivity contribution in [3.8, 4) is 29.1 Å². The van der Waals surface area contributed by atoms with Crippen LogP contribution >= 0.6 is 0 Å². The summed E-state index contributed by atoms with van der Waals surface area (Å²) in [6, 6.07) is 64.1. The number of anilines is 2. The van der Waals surface area contributed by atoms with Crippen molar-refractivity contribution in [2.75, 3.05) is 4.90 Å². The van der Waals surface area contributed by atoms with E-state index in [-0.39, 0.29) is 12.0 Å². The van der Waals surface area contributed by atoms with Crippen LogP contribution in [0.2, 0.25) is 0 Å². The largest absolute Gasteiger partial charge is 0.318 e. The van der Waals surface area contributed by atoms with Gasteiger partial charge in [-0.2, -0.15) is 9.97 Å². The standard InChI is InChI=1S/C56H36N8/c1-9-25-45-35(17-1)36-18-2-10-26-46(36)61(45)53-33-43(57-55(59-53)63-49-29-13-5-21-39(49)40-22-6-14-30-50(40)63)44-34-54(62-47-27-11-3-19-37(47)38-20-4-12-28-48(38)62)60-56(58-44)64-51-31-15-7-23-41(51)42-24-8-16-32-52(42)64/h1-35,45H. The first-order valence-corrected chi connectivity index (χ1v) is 21.7. The third-order valence-electron chi connectivity index (χ3n) is 13.2. The van der Waals surface area contributed by atoms with Crippen molar-refractivity contribution in [2.45, 2.75) is 12.0 Å². The Balaban J connectivity index is 1.10. The van der Waals surface area contributed by atoms with Crippen molar-refractivity contribution in [1.29, 1.82) is 0 Å². The molecular weight excluding hydrogens is 785 g/mol. The average molecular weight is 821 g/mol. The summed E-state index contributed by atoms with van der Waals surface area (Å²) < 4.78 is 6.67. The van der Waals surface area contributed by atoms with Gasteiger partial charge in [-0.15, -0.1) is 0 Å². The fourth-order valence-corrected chi connectivity index (χ4v) is 10.5. The number of allylic oxidation sites excluding steroid dienone is 2. The third kappa shape index (κ3) is 4.99. The monoisotopic (exact) mass is 820 g/mol. The molecule has 5 aromatic heterocycles. The number of rotatable bonds is 5. The Hall–Kier alpha value is -8.62. The molecule has 7 aromatic carbocycles. The highest BCUT2D eigenvalue weighted by Crippen LogP contribution is 2.48. The summed E-state index contributed by atoms with van der Waals surface area (Å²) in [5.41, 5.74) is 10.0. The van der Waals surface area contributed by atoms with Crippen LogP contribution in [0.1, 0.15) is 11.5 Å². The minimum absolute atomic E-state index is 0.0304. The number of aromatic nitrogens is 7. The zero-order chi connectivity index (χ0) is 41.9. The molecule has 0 spiro atoms. The summed E-state index contributed by atoms with van der Waals surface area (Å²) in [4.78, 5) is 24.6. The number of benzene rings is 7. The van der Waals surface area contributed by atoms with Crippen LogP contribution in [0.3, 0.4) is 0 Å². The van der Waals surface area contributed by atoms with Crippen LogP contribution in [-0.4, -0.2) is 39.7 Å². The Morgan fingerprint density at radius 1 is 0.344 bits per heavy atom. The van der Waals surface area contributed by atoms with Gasteiger partial charge in [0.15, 0.2) is 0 Å². The lowest BCUT2D eigenvalue weighted by Crippen LogP contribution is -2.29. The molecule has 1 aliphatic heterocycles. The quantitative estimate of drug-likeness (QED) is 0.173. The lowest BCUT2D eigenvalue weighted by molar-refractivity contribution is 0.735. The highest BCUT2D eigenvalue weighted by Gasteiger charge is 2.38. The highest BCUT2D eigenvalue weighted by atomic mass is 15.3. The van der Waals surface area contributed by atoms with E-state index in [1.165, 1.54) is 5.56 Å². The lowest BCUT2D eigenvalue weighted by atomic mass is 9.91. The zero-order valence-electron chi connectivity index (χ0n) is 34.4. The Morgan fingerprint density at radius 2 is 0.719 bits per heavy atom. The van der Waals surface area contributed by atoms with E-state index in [9.17, 15) is 0 Å². The van der Waals surface area contributed by atoms with Gasteiger partial charge < -0.3 is 4.90 Å². The molecule has 1 aliphatic carbocycles. The van der Waals surface area contributed by atoms with E-state index in [4.69, 9.17) is 19.9 Å². The molecule has 8 heteroatoms. The highest BCUT2D eigenvalue weighted by molar-refractivity contribution is 6.11. The van der Waals surface area contributed by atoms with Gasteiger partial charge in [0, 0.05) is 56.1 Å². The van der Waals surface area contributed by atoms with Gasteiger partial charge in [0.1, 0.15) is 11.6 Å². The molecule has 12 aromatic rings. The zero-order valence-corrected chi connectivity index (χ0v) is 34.4. The maximum absolute atomic E-state index is 5.56. The summed E-state index contributed by atoms with van der Waals surface area (Å²) in [7, 11) is 0. The van der Waals surface area contributed by atoms with Crippen molar-refractivity contribution >= 4 is 76.9 Å².